The van der Waals surface area contributed by atoms with Gasteiger partial charge in [-0.2, -0.15) is 0 Å². The second kappa shape index (κ2) is 7.83. The number of nitrogens with one attached hydrogen (secondary N) is 2. The first-order valence-corrected chi connectivity index (χ1v) is 7.43. The molecule has 0 bridgehead atoms. The highest BCUT2D eigenvalue weighted by atomic mass is 16.3. The van der Waals surface area contributed by atoms with Gasteiger partial charge in [-0.15, -0.1) is 0 Å². The molecule has 0 aromatic carbocycles. The molecule has 2 unspecified atom stereocenters. The highest BCUT2D eigenvalue weighted by Gasteiger charge is 2.25. The van der Waals surface area contributed by atoms with Crippen molar-refractivity contribution in [1.29, 1.82) is 0 Å². The number of furan rings is 1. The summed E-state index contributed by atoms with van der Waals surface area (Å²) in [4.78, 5) is 23.2. The molecule has 0 aliphatic heterocycles. The summed E-state index contributed by atoms with van der Waals surface area (Å²) < 4.78 is 4.96. The van der Waals surface area contributed by atoms with Crippen LogP contribution < -0.4 is 10.6 Å². The zero-order valence-electron chi connectivity index (χ0n) is 12.0. The van der Waals surface area contributed by atoms with Crippen LogP contribution in [0, 0.1) is 5.92 Å². The van der Waals surface area contributed by atoms with Crippen LogP contribution in [-0.4, -0.2) is 36.1 Å². The Morgan fingerprint density at radius 2 is 2.19 bits per heavy atom. The van der Waals surface area contributed by atoms with Crippen molar-refractivity contribution in [3.8, 4) is 0 Å². The lowest BCUT2D eigenvalue weighted by Crippen LogP contribution is -2.33. The van der Waals surface area contributed by atoms with E-state index in [9.17, 15) is 14.7 Å². The van der Waals surface area contributed by atoms with Gasteiger partial charge in [-0.3, -0.25) is 9.59 Å². The zero-order valence-corrected chi connectivity index (χ0v) is 12.0. The lowest BCUT2D eigenvalue weighted by atomic mass is 10.1. The Morgan fingerprint density at radius 1 is 1.33 bits per heavy atom. The first kappa shape index (κ1) is 15.6. The third-order valence-corrected chi connectivity index (χ3v) is 3.79. The van der Waals surface area contributed by atoms with E-state index >= 15 is 0 Å². The van der Waals surface area contributed by atoms with Crippen LogP contribution >= 0.6 is 0 Å². The van der Waals surface area contributed by atoms with Gasteiger partial charge in [-0.1, -0.05) is 6.42 Å². The fourth-order valence-electron chi connectivity index (χ4n) is 2.53. The maximum Gasteiger partial charge on any atom is 0.286 e. The highest BCUT2D eigenvalue weighted by molar-refractivity contribution is 5.91. The van der Waals surface area contributed by atoms with Gasteiger partial charge in [0.2, 0.25) is 5.91 Å². The maximum atomic E-state index is 11.7. The standard InChI is InChI=1S/C15H22N2O4/c18-12-5-1-4-11(12)10-17-14(19)7-2-8-16-15(20)13-6-3-9-21-13/h3,6,9,11-12,18H,1-2,4-5,7-8,10H2,(H,16,20)(H,17,19). The molecule has 0 saturated heterocycles. The summed E-state index contributed by atoms with van der Waals surface area (Å²) in [7, 11) is 0. The average molecular weight is 294 g/mol. The van der Waals surface area contributed by atoms with E-state index in [-0.39, 0.29) is 29.6 Å². The predicted molar refractivity (Wildman–Crippen MR) is 76.6 cm³/mol. The zero-order chi connectivity index (χ0) is 15.1. The number of aliphatic hydroxyl groups excluding tert-OH is 1. The van der Waals surface area contributed by atoms with Gasteiger partial charge in [0, 0.05) is 25.4 Å². The average Bonchev–Trinajstić information content (AvgIpc) is 3.12. The monoisotopic (exact) mass is 294 g/mol. The van der Waals surface area contributed by atoms with Crippen LogP contribution in [0.1, 0.15) is 42.7 Å². The second-order valence-corrected chi connectivity index (χ2v) is 5.40. The Morgan fingerprint density at radius 3 is 2.86 bits per heavy atom. The lowest BCUT2D eigenvalue weighted by Gasteiger charge is -2.15. The van der Waals surface area contributed by atoms with Crippen LogP contribution in [0.15, 0.2) is 22.8 Å². The van der Waals surface area contributed by atoms with Crippen molar-refractivity contribution >= 4 is 11.8 Å². The molecule has 3 N–H and O–H groups in total. The number of hydrogen-bond donors (Lipinski definition) is 3. The normalized spacial score (nSPS) is 21.2. The summed E-state index contributed by atoms with van der Waals surface area (Å²) in [5, 5.41) is 15.2. The predicted octanol–water partition coefficient (Wildman–Crippen LogP) is 1.07. The first-order chi connectivity index (χ1) is 10.2. The molecule has 2 amide bonds. The van der Waals surface area contributed by atoms with Gasteiger partial charge in [0.25, 0.3) is 5.91 Å². The van der Waals surface area contributed by atoms with Gasteiger partial charge >= 0.3 is 0 Å². The molecule has 0 spiro atoms. The van der Waals surface area contributed by atoms with Crippen molar-refractivity contribution in [3.63, 3.8) is 0 Å². The third kappa shape index (κ3) is 4.90. The fourth-order valence-corrected chi connectivity index (χ4v) is 2.53. The minimum atomic E-state index is -0.280. The number of rotatable bonds is 7. The molecule has 1 saturated carbocycles. The summed E-state index contributed by atoms with van der Waals surface area (Å²) in [6, 6.07) is 3.24. The maximum absolute atomic E-state index is 11.7. The van der Waals surface area contributed by atoms with Crippen LogP contribution in [-0.2, 0) is 4.79 Å². The van der Waals surface area contributed by atoms with Crippen molar-refractivity contribution in [2.24, 2.45) is 5.92 Å². The van der Waals surface area contributed by atoms with E-state index in [1.54, 1.807) is 12.1 Å². The molecule has 0 radical (unpaired) electrons. The van der Waals surface area contributed by atoms with Crippen molar-refractivity contribution in [2.75, 3.05) is 13.1 Å². The topological polar surface area (TPSA) is 91.6 Å². The van der Waals surface area contributed by atoms with Crippen LogP contribution in [0.2, 0.25) is 0 Å². The molecule has 116 valence electrons. The van der Waals surface area contributed by atoms with E-state index in [0.29, 0.717) is 25.9 Å². The van der Waals surface area contributed by atoms with Crippen LogP contribution in [0.5, 0.6) is 0 Å². The van der Waals surface area contributed by atoms with Gasteiger partial charge in [0.15, 0.2) is 5.76 Å². The molecule has 6 heteroatoms. The number of aliphatic hydroxyl groups is 1. The van der Waals surface area contributed by atoms with Gasteiger partial charge in [-0.25, -0.2) is 0 Å². The summed E-state index contributed by atoms with van der Waals surface area (Å²) in [6.45, 7) is 0.970. The van der Waals surface area contributed by atoms with Crippen molar-refractivity contribution < 1.29 is 19.1 Å². The number of amides is 2. The van der Waals surface area contributed by atoms with Gasteiger partial charge in [0.05, 0.1) is 12.4 Å². The van der Waals surface area contributed by atoms with E-state index in [2.05, 4.69) is 10.6 Å². The van der Waals surface area contributed by atoms with Crippen LogP contribution in [0.3, 0.4) is 0 Å². The molecule has 1 aromatic heterocycles. The Balaban J connectivity index is 1.54. The Bertz CT molecular complexity index is 458. The Hall–Kier alpha value is -1.82. The second-order valence-electron chi connectivity index (χ2n) is 5.40. The molecule has 21 heavy (non-hydrogen) atoms. The number of hydrogen-bond acceptors (Lipinski definition) is 4. The van der Waals surface area contributed by atoms with Crippen molar-refractivity contribution in [3.05, 3.63) is 24.2 Å². The van der Waals surface area contributed by atoms with E-state index in [4.69, 9.17) is 4.42 Å². The SMILES string of the molecule is O=C(CCCNC(=O)c1ccco1)NCC1CCCC1O. The third-order valence-electron chi connectivity index (χ3n) is 3.79. The molecular weight excluding hydrogens is 272 g/mol. The molecule has 1 aliphatic carbocycles. The Labute approximate surface area is 123 Å². The molecule has 1 aliphatic rings. The van der Waals surface area contributed by atoms with Crippen LogP contribution in [0.4, 0.5) is 0 Å². The van der Waals surface area contributed by atoms with Gasteiger partial charge < -0.3 is 20.2 Å². The molecule has 1 aromatic rings. The minimum absolute atomic E-state index is 0.0404. The molecule has 1 heterocycles. The molecular formula is C15H22N2O4. The Kier molecular flexibility index (Phi) is 5.80. The van der Waals surface area contributed by atoms with E-state index < -0.39 is 0 Å². The highest BCUT2D eigenvalue weighted by Crippen LogP contribution is 2.24. The molecule has 1 fully saturated rings. The summed E-state index contributed by atoms with van der Waals surface area (Å²) in [5.41, 5.74) is 0. The van der Waals surface area contributed by atoms with E-state index in [0.717, 1.165) is 19.3 Å². The quantitative estimate of drug-likeness (QED) is 0.656. The first-order valence-electron chi connectivity index (χ1n) is 7.43. The fraction of sp³-hybridized carbons (Fsp3) is 0.600. The summed E-state index contributed by atoms with van der Waals surface area (Å²) in [6.07, 6.45) is 4.94. The number of carbonyl (C=O) groups excluding carboxylic acids is 2. The smallest absolute Gasteiger partial charge is 0.286 e. The summed E-state index contributed by atoms with van der Waals surface area (Å²) in [5.74, 6) is 0.151. The van der Waals surface area contributed by atoms with Crippen LogP contribution in [0.25, 0.3) is 0 Å². The van der Waals surface area contributed by atoms with Crippen molar-refractivity contribution in [1.82, 2.24) is 10.6 Å². The van der Waals surface area contributed by atoms with E-state index in [1.807, 2.05) is 0 Å². The molecule has 2 rings (SSSR count). The summed E-state index contributed by atoms with van der Waals surface area (Å²) >= 11 is 0. The molecule has 2 atom stereocenters. The van der Waals surface area contributed by atoms with E-state index in [1.165, 1.54) is 6.26 Å². The van der Waals surface area contributed by atoms with Gasteiger partial charge in [0.1, 0.15) is 0 Å². The molecule has 6 nitrogen and oxygen atoms in total. The minimum Gasteiger partial charge on any atom is -0.459 e. The van der Waals surface area contributed by atoms with Crippen molar-refractivity contribution in [2.45, 2.75) is 38.2 Å². The lowest BCUT2D eigenvalue weighted by molar-refractivity contribution is -0.121. The largest absolute Gasteiger partial charge is 0.459 e. The van der Waals surface area contributed by atoms with Gasteiger partial charge in [-0.05, 0) is 31.4 Å². The number of carbonyl (C=O) groups is 2.